The van der Waals surface area contributed by atoms with E-state index in [1.54, 1.807) is 18.4 Å². The summed E-state index contributed by atoms with van der Waals surface area (Å²) in [6, 6.07) is 7.68. The third-order valence-electron chi connectivity index (χ3n) is 4.39. The van der Waals surface area contributed by atoms with Gasteiger partial charge in [-0.25, -0.2) is 9.97 Å². The molecule has 1 amide bonds. The maximum atomic E-state index is 12.6. The van der Waals surface area contributed by atoms with E-state index in [4.69, 9.17) is 4.74 Å². The number of rotatable bonds is 6. The zero-order valence-electron chi connectivity index (χ0n) is 16.1. The second-order valence-corrected chi connectivity index (χ2v) is 8.90. The molecule has 2 heterocycles. The molecule has 5 nitrogen and oxygen atoms in total. The lowest BCUT2D eigenvalue weighted by Gasteiger charge is -2.13. The third-order valence-corrected chi connectivity index (χ3v) is 6.58. The maximum Gasteiger partial charge on any atom is 0.233 e. The largest absolute Gasteiger partial charge is 0.497 e. The van der Waals surface area contributed by atoms with Crippen molar-refractivity contribution in [2.75, 3.05) is 7.11 Å². The Kier molecular flexibility index (Phi) is 6.01. The minimum Gasteiger partial charge on any atom is -0.497 e. The van der Waals surface area contributed by atoms with Gasteiger partial charge in [-0.1, -0.05) is 23.9 Å². The summed E-state index contributed by atoms with van der Waals surface area (Å²) in [7, 11) is 1.64. The summed E-state index contributed by atoms with van der Waals surface area (Å²) in [4.78, 5) is 23.9. The average Bonchev–Trinajstić information content (AvgIpc) is 2.93. The number of methoxy groups -OCH3 is 1. The average molecular weight is 402 g/mol. The molecule has 7 heteroatoms. The van der Waals surface area contributed by atoms with Crippen LogP contribution in [0.2, 0.25) is 0 Å². The first-order chi connectivity index (χ1) is 12.9. The van der Waals surface area contributed by atoms with Gasteiger partial charge in [-0.2, -0.15) is 0 Å². The van der Waals surface area contributed by atoms with Crippen molar-refractivity contribution in [1.29, 1.82) is 0 Å². The zero-order chi connectivity index (χ0) is 19.6. The van der Waals surface area contributed by atoms with E-state index in [0.29, 0.717) is 6.54 Å². The Hall–Kier alpha value is -2.12. The fourth-order valence-electron chi connectivity index (χ4n) is 2.70. The van der Waals surface area contributed by atoms with Crippen LogP contribution in [0.3, 0.4) is 0 Å². The predicted molar refractivity (Wildman–Crippen MR) is 112 cm³/mol. The smallest absolute Gasteiger partial charge is 0.233 e. The van der Waals surface area contributed by atoms with E-state index in [2.05, 4.69) is 29.1 Å². The van der Waals surface area contributed by atoms with Gasteiger partial charge in [0.25, 0.3) is 0 Å². The molecule has 0 fully saturated rings. The number of ether oxygens (including phenoxy) is 1. The molecule has 0 aliphatic heterocycles. The van der Waals surface area contributed by atoms with Crippen LogP contribution in [0.5, 0.6) is 5.75 Å². The molecule has 0 saturated carbocycles. The van der Waals surface area contributed by atoms with Crippen LogP contribution < -0.4 is 10.1 Å². The van der Waals surface area contributed by atoms with Crippen molar-refractivity contribution in [3.8, 4) is 5.75 Å². The SMILES string of the molecule is COc1ccc(CNC(=O)[C@H](C)Sc2nc(C)nc3sc(C)c(C)c23)cc1. The number of aryl methyl sites for hydroxylation is 3. The summed E-state index contributed by atoms with van der Waals surface area (Å²) in [6.07, 6.45) is 0. The Balaban J connectivity index is 1.70. The summed E-state index contributed by atoms with van der Waals surface area (Å²) in [5.41, 5.74) is 2.23. The fourth-order valence-corrected chi connectivity index (χ4v) is 4.91. The maximum absolute atomic E-state index is 12.6. The number of aromatic nitrogens is 2. The quantitative estimate of drug-likeness (QED) is 0.489. The Morgan fingerprint density at radius 2 is 1.93 bits per heavy atom. The standard InChI is InChI=1S/C20H23N3O2S2/c1-11-12(2)26-19-17(11)20(23-14(4)22-19)27-13(3)18(24)21-10-15-6-8-16(25-5)9-7-15/h6-9,13H,10H2,1-5H3,(H,21,24)/t13-/m0/s1. The van der Waals surface area contributed by atoms with Crippen molar-refractivity contribution >= 4 is 39.2 Å². The predicted octanol–water partition coefficient (Wildman–Crippen LogP) is 4.42. The molecule has 3 rings (SSSR count). The highest BCUT2D eigenvalue weighted by Gasteiger charge is 2.20. The summed E-state index contributed by atoms with van der Waals surface area (Å²) in [5, 5.41) is 4.70. The number of carbonyl (C=O) groups excluding carboxylic acids is 1. The number of nitrogens with zero attached hydrogens (tertiary/aromatic N) is 2. The van der Waals surface area contributed by atoms with Gasteiger partial charge in [-0.15, -0.1) is 11.3 Å². The number of nitrogens with one attached hydrogen (secondary N) is 1. The van der Waals surface area contributed by atoms with Gasteiger partial charge in [0.1, 0.15) is 21.4 Å². The molecule has 0 saturated heterocycles. The lowest BCUT2D eigenvalue weighted by atomic mass is 10.2. The Morgan fingerprint density at radius 1 is 1.22 bits per heavy atom. The van der Waals surface area contributed by atoms with Crippen LogP contribution in [-0.2, 0) is 11.3 Å². The van der Waals surface area contributed by atoms with E-state index in [1.165, 1.54) is 22.2 Å². The van der Waals surface area contributed by atoms with E-state index < -0.39 is 0 Å². The van der Waals surface area contributed by atoms with Crippen LogP contribution in [0.1, 0.15) is 28.8 Å². The second-order valence-electron chi connectivity index (χ2n) is 6.37. The lowest BCUT2D eigenvalue weighted by Crippen LogP contribution is -2.30. The van der Waals surface area contributed by atoms with Crippen LogP contribution in [0.25, 0.3) is 10.2 Å². The summed E-state index contributed by atoms with van der Waals surface area (Å²) in [5.74, 6) is 1.53. The monoisotopic (exact) mass is 401 g/mol. The molecule has 0 spiro atoms. The molecule has 0 unspecified atom stereocenters. The van der Waals surface area contributed by atoms with Crippen LogP contribution >= 0.6 is 23.1 Å². The molecule has 0 radical (unpaired) electrons. The minimum absolute atomic E-state index is 0.00941. The Morgan fingerprint density at radius 3 is 2.59 bits per heavy atom. The second kappa shape index (κ2) is 8.27. The van der Waals surface area contributed by atoms with Crippen LogP contribution in [-0.4, -0.2) is 28.2 Å². The number of benzene rings is 1. The Labute approximate surface area is 167 Å². The fraction of sp³-hybridized carbons (Fsp3) is 0.350. The van der Waals surface area contributed by atoms with E-state index in [-0.39, 0.29) is 11.2 Å². The summed E-state index contributed by atoms with van der Waals surface area (Å²) < 4.78 is 5.15. The van der Waals surface area contributed by atoms with Crippen molar-refractivity contribution in [1.82, 2.24) is 15.3 Å². The molecule has 1 atom stereocenters. The van der Waals surface area contributed by atoms with Gasteiger partial charge in [0.15, 0.2) is 0 Å². The molecule has 27 heavy (non-hydrogen) atoms. The van der Waals surface area contributed by atoms with Gasteiger partial charge < -0.3 is 10.1 Å². The van der Waals surface area contributed by atoms with Gasteiger partial charge in [-0.3, -0.25) is 4.79 Å². The van der Waals surface area contributed by atoms with Crippen molar-refractivity contribution < 1.29 is 9.53 Å². The van der Waals surface area contributed by atoms with E-state index >= 15 is 0 Å². The zero-order valence-corrected chi connectivity index (χ0v) is 17.8. The summed E-state index contributed by atoms with van der Waals surface area (Å²) >= 11 is 3.17. The van der Waals surface area contributed by atoms with Gasteiger partial charge >= 0.3 is 0 Å². The first kappa shape index (κ1) is 19.6. The number of carbonyl (C=O) groups is 1. The van der Waals surface area contributed by atoms with E-state index in [9.17, 15) is 4.79 Å². The molecule has 142 valence electrons. The molecule has 0 aliphatic carbocycles. The number of fused-ring (bicyclic) bond motifs is 1. The van der Waals surface area contributed by atoms with Crippen molar-refractivity contribution in [3.05, 3.63) is 46.1 Å². The highest BCUT2D eigenvalue weighted by Crippen LogP contribution is 2.36. The van der Waals surface area contributed by atoms with Crippen LogP contribution in [0.4, 0.5) is 0 Å². The Bertz CT molecular complexity index is 968. The molecule has 0 bridgehead atoms. The third kappa shape index (κ3) is 4.42. The first-order valence-corrected chi connectivity index (χ1v) is 10.4. The van der Waals surface area contributed by atoms with Gasteiger partial charge in [-0.05, 0) is 51.0 Å². The van der Waals surface area contributed by atoms with Crippen molar-refractivity contribution in [2.45, 2.75) is 44.5 Å². The molecule has 2 aromatic heterocycles. The number of thiophene rings is 1. The van der Waals surface area contributed by atoms with Crippen molar-refractivity contribution in [2.24, 2.45) is 0 Å². The molecule has 1 N–H and O–H groups in total. The first-order valence-electron chi connectivity index (χ1n) is 8.70. The summed E-state index contributed by atoms with van der Waals surface area (Å²) in [6.45, 7) is 8.47. The molecular formula is C20H23N3O2S2. The van der Waals surface area contributed by atoms with Crippen LogP contribution in [0, 0.1) is 20.8 Å². The molecular weight excluding hydrogens is 378 g/mol. The molecule has 1 aromatic carbocycles. The highest BCUT2D eigenvalue weighted by atomic mass is 32.2. The van der Waals surface area contributed by atoms with Gasteiger partial charge in [0.05, 0.1) is 12.4 Å². The van der Waals surface area contributed by atoms with E-state index in [0.717, 1.165) is 32.4 Å². The number of amides is 1. The van der Waals surface area contributed by atoms with Gasteiger partial charge in [0, 0.05) is 16.8 Å². The topological polar surface area (TPSA) is 64.1 Å². The molecule has 3 aromatic rings. The van der Waals surface area contributed by atoms with Crippen LogP contribution in [0.15, 0.2) is 29.3 Å². The normalized spacial score (nSPS) is 12.2. The van der Waals surface area contributed by atoms with Crippen molar-refractivity contribution in [3.63, 3.8) is 0 Å². The molecule has 0 aliphatic rings. The van der Waals surface area contributed by atoms with E-state index in [1.807, 2.05) is 38.1 Å². The lowest BCUT2D eigenvalue weighted by molar-refractivity contribution is -0.120. The highest BCUT2D eigenvalue weighted by molar-refractivity contribution is 8.00. The van der Waals surface area contributed by atoms with Gasteiger partial charge in [0.2, 0.25) is 5.91 Å². The number of hydrogen-bond acceptors (Lipinski definition) is 6. The number of hydrogen-bond donors (Lipinski definition) is 1. The number of thioether (sulfide) groups is 1. The minimum atomic E-state index is -0.250.